The van der Waals surface area contributed by atoms with Gasteiger partial charge in [0.2, 0.25) is 0 Å². The Morgan fingerprint density at radius 2 is 1.41 bits per heavy atom. The normalized spacial score (nSPS) is 11.9. The lowest BCUT2D eigenvalue weighted by atomic mass is 10.0. The van der Waals surface area contributed by atoms with Crippen molar-refractivity contribution >= 4 is 49.4 Å². The largest absolute Gasteiger partial charge is 0.456 e. The fourth-order valence-electron chi connectivity index (χ4n) is 5.37. The van der Waals surface area contributed by atoms with Crippen LogP contribution in [0.2, 0.25) is 0 Å². The molecule has 178 valence electrons. The average Bonchev–Trinajstić information content (AvgIpc) is 3.48. The molecule has 0 aliphatic rings. The summed E-state index contributed by atoms with van der Waals surface area (Å²) in [6.07, 6.45) is 4.17. The molecule has 3 nitrogen and oxygen atoms in total. The quantitative estimate of drug-likeness (QED) is 0.250. The van der Waals surface area contributed by atoms with Crippen molar-refractivity contribution in [2.45, 2.75) is 6.92 Å². The first-order valence-corrected chi connectivity index (χ1v) is 12.7. The zero-order chi connectivity index (χ0) is 24.8. The van der Waals surface area contributed by atoms with E-state index in [-0.39, 0.29) is 0 Å². The number of aromatic nitrogens is 1. The third-order valence-electron chi connectivity index (χ3n) is 7.15. The summed E-state index contributed by atoms with van der Waals surface area (Å²) in [4.78, 5) is 0. The molecule has 5 aromatic carbocycles. The van der Waals surface area contributed by atoms with E-state index in [4.69, 9.17) is 4.42 Å². The van der Waals surface area contributed by atoms with Gasteiger partial charge in [-0.25, -0.2) is 0 Å². The minimum atomic E-state index is 0.801. The molecule has 0 bridgehead atoms. The number of allylic oxidation sites excluding steroid dienone is 1. The zero-order valence-electron chi connectivity index (χ0n) is 20.6. The van der Waals surface area contributed by atoms with Crippen molar-refractivity contribution in [1.82, 2.24) is 4.57 Å². The van der Waals surface area contributed by atoms with Gasteiger partial charge < -0.3 is 14.3 Å². The molecular weight excluding hydrogens is 452 g/mol. The molecule has 7 rings (SSSR count). The Kier molecular flexibility index (Phi) is 5.07. The summed E-state index contributed by atoms with van der Waals surface area (Å²) >= 11 is 0. The van der Waals surface area contributed by atoms with Crippen molar-refractivity contribution < 1.29 is 4.42 Å². The molecule has 0 fully saturated rings. The standard InChI is InChI=1S/C34H26N2O/c1-2-3-19-35-25-14-17-33-29(21-25)30-22-26(15-18-34(30)37-33)36-31-12-8-7-11-27(31)28-20-24(13-16-32(28)36)23-9-5-4-6-10-23/h2-18,20-22,35H,19H2,1H3/b3-2-. The van der Waals surface area contributed by atoms with Crippen molar-refractivity contribution in [1.29, 1.82) is 0 Å². The summed E-state index contributed by atoms with van der Waals surface area (Å²) in [6.45, 7) is 2.84. The first-order valence-electron chi connectivity index (χ1n) is 12.7. The molecule has 0 unspecified atom stereocenters. The summed E-state index contributed by atoms with van der Waals surface area (Å²) in [6, 6.07) is 38.9. The van der Waals surface area contributed by atoms with Gasteiger partial charge in [-0.3, -0.25) is 0 Å². The summed E-state index contributed by atoms with van der Waals surface area (Å²) in [5.41, 5.74) is 8.86. The highest BCUT2D eigenvalue weighted by Crippen LogP contribution is 2.37. The molecule has 3 heteroatoms. The van der Waals surface area contributed by atoms with Crippen LogP contribution in [-0.2, 0) is 0 Å². The fraction of sp³-hybridized carbons (Fsp3) is 0.0588. The van der Waals surface area contributed by atoms with Crippen LogP contribution in [0.15, 0.2) is 126 Å². The van der Waals surface area contributed by atoms with Gasteiger partial charge in [-0.05, 0) is 72.6 Å². The van der Waals surface area contributed by atoms with Crippen LogP contribution in [-0.4, -0.2) is 11.1 Å². The summed E-state index contributed by atoms with van der Waals surface area (Å²) < 4.78 is 8.56. The molecule has 7 aromatic rings. The molecule has 0 aliphatic carbocycles. The van der Waals surface area contributed by atoms with Crippen molar-refractivity contribution in [3.8, 4) is 16.8 Å². The van der Waals surface area contributed by atoms with E-state index in [0.717, 1.165) is 39.9 Å². The van der Waals surface area contributed by atoms with Crippen LogP contribution in [0.25, 0.3) is 60.6 Å². The summed E-state index contributed by atoms with van der Waals surface area (Å²) in [7, 11) is 0. The van der Waals surface area contributed by atoms with E-state index in [1.807, 2.05) is 6.92 Å². The molecule has 0 saturated heterocycles. The van der Waals surface area contributed by atoms with E-state index in [0.29, 0.717) is 0 Å². The molecule has 37 heavy (non-hydrogen) atoms. The van der Waals surface area contributed by atoms with Crippen LogP contribution in [0.4, 0.5) is 5.69 Å². The second-order valence-corrected chi connectivity index (χ2v) is 9.39. The van der Waals surface area contributed by atoms with Crippen LogP contribution in [0.5, 0.6) is 0 Å². The molecule has 0 atom stereocenters. The maximum Gasteiger partial charge on any atom is 0.135 e. The molecule has 2 aromatic heterocycles. The lowest BCUT2D eigenvalue weighted by molar-refractivity contribution is 0.669. The Labute approximate surface area is 215 Å². The smallest absolute Gasteiger partial charge is 0.135 e. The number of hydrogen-bond acceptors (Lipinski definition) is 2. The van der Waals surface area contributed by atoms with E-state index < -0.39 is 0 Å². The predicted molar refractivity (Wildman–Crippen MR) is 157 cm³/mol. The number of para-hydroxylation sites is 1. The minimum absolute atomic E-state index is 0.801. The molecule has 0 aliphatic heterocycles. The highest BCUT2D eigenvalue weighted by Gasteiger charge is 2.15. The van der Waals surface area contributed by atoms with Gasteiger partial charge in [0, 0.05) is 39.5 Å². The number of hydrogen-bond donors (Lipinski definition) is 1. The van der Waals surface area contributed by atoms with E-state index in [9.17, 15) is 0 Å². The summed E-state index contributed by atoms with van der Waals surface area (Å²) in [5.74, 6) is 0. The zero-order valence-corrected chi connectivity index (χ0v) is 20.6. The maximum atomic E-state index is 6.19. The molecule has 0 amide bonds. The van der Waals surface area contributed by atoms with Crippen molar-refractivity contribution in [3.05, 3.63) is 121 Å². The lowest BCUT2D eigenvalue weighted by Crippen LogP contribution is -1.97. The van der Waals surface area contributed by atoms with E-state index >= 15 is 0 Å². The van der Waals surface area contributed by atoms with Gasteiger partial charge in [-0.15, -0.1) is 0 Å². The molecule has 1 N–H and O–H groups in total. The fourth-order valence-corrected chi connectivity index (χ4v) is 5.37. The second-order valence-electron chi connectivity index (χ2n) is 9.39. The van der Waals surface area contributed by atoms with Crippen molar-refractivity contribution in [3.63, 3.8) is 0 Å². The van der Waals surface area contributed by atoms with Gasteiger partial charge >= 0.3 is 0 Å². The van der Waals surface area contributed by atoms with Gasteiger partial charge in [0.25, 0.3) is 0 Å². The van der Waals surface area contributed by atoms with Crippen LogP contribution in [0, 0.1) is 0 Å². The number of nitrogens with one attached hydrogen (secondary N) is 1. The van der Waals surface area contributed by atoms with E-state index in [1.54, 1.807) is 0 Å². The number of benzene rings is 5. The maximum absolute atomic E-state index is 6.19. The van der Waals surface area contributed by atoms with Crippen molar-refractivity contribution in [2.75, 3.05) is 11.9 Å². The van der Waals surface area contributed by atoms with E-state index in [1.165, 1.54) is 32.9 Å². The van der Waals surface area contributed by atoms with Gasteiger partial charge in [0.15, 0.2) is 0 Å². The number of fused-ring (bicyclic) bond motifs is 6. The van der Waals surface area contributed by atoms with Crippen LogP contribution in [0.1, 0.15) is 6.92 Å². The molecule has 2 heterocycles. The first kappa shape index (κ1) is 21.5. The van der Waals surface area contributed by atoms with Crippen LogP contribution in [0.3, 0.4) is 0 Å². The third-order valence-corrected chi connectivity index (χ3v) is 7.15. The number of rotatable bonds is 5. The predicted octanol–water partition coefficient (Wildman–Crippen LogP) is 9.34. The van der Waals surface area contributed by atoms with Gasteiger partial charge in [0.05, 0.1) is 11.0 Å². The molecule has 0 spiro atoms. The highest BCUT2D eigenvalue weighted by molar-refractivity contribution is 6.11. The monoisotopic (exact) mass is 478 g/mol. The number of anilines is 1. The van der Waals surface area contributed by atoms with Crippen molar-refractivity contribution in [2.24, 2.45) is 0 Å². The van der Waals surface area contributed by atoms with E-state index in [2.05, 4.69) is 131 Å². The Bertz CT molecular complexity index is 1940. The Morgan fingerprint density at radius 3 is 2.27 bits per heavy atom. The topological polar surface area (TPSA) is 30.1 Å². The second kappa shape index (κ2) is 8.72. The first-order chi connectivity index (χ1) is 18.3. The Morgan fingerprint density at radius 1 is 0.649 bits per heavy atom. The SMILES string of the molecule is C/C=C\CNc1ccc2oc3ccc(-n4c5ccccc5c5cc(-c6ccccc6)ccc54)cc3c2c1. The minimum Gasteiger partial charge on any atom is -0.456 e. The van der Waals surface area contributed by atoms with Crippen LogP contribution >= 0.6 is 0 Å². The Balaban J connectivity index is 1.43. The highest BCUT2D eigenvalue weighted by atomic mass is 16.3. The Hall–Kier alpha value is -4.76. The summed E-state index contributed by atoms with van der Waals surface area (Å²) in [5, 5.41) is 8.21. The molecular formula is C34H26N2O. The van der Waals surface area contributed by atoms with Gasteiger partial charge in [0.1, 0.15) is 11.2 Å². The average molecular weight is 479 g/mol. The molecule has 0 saturated carbocycles. The third kappa shape index (κ3) is 3.59. The van der Waals surface area contributed by atoms with Gasteiger partial charge in [-0.1, -0.05) is 66.7 Å². The van der Waals surface area contributed by atoms with Crippen LogP contribution < -0.4 is 5.32 Å². The number of furan rings is 1. The molecule has 0 radical (unpaired) electrons. The lowest BCUT2D eigenvalue weighted by Gasteiger charge is -2.09. The number of nitrogens with zero attached hydrogens (tertiary/aromatic N) is 1. The van der Waals surface area contributed by atoms with Gasteiger partial charge in [-0.2, -0.15) is 0 Å².